The summed E-state index contributed by atoms with van der Waals surface area (Å²) in [6.07, 6.45) is 3.74. The molecule has 29 heavy (non-hydrogen) atoms. The number of pyridine rings is 1. The number of anilines is 3. The van der Waals surface area contributed by atoms with E-state index in [1.807, 2.05) is 54.3 Å². The minimum absolute atomic E-state index is 0.176. The number of rotatable bonds is 5. The van der Waals surface area contributed by atoms with Gasteiger partial charge in [-0.25, -0.2) is 15.0 Å². The highest BCUT2D eigenvalue weighted by molar-refractivity contribution is 5.79. The minimum Gasteiger partial charge on any atom is -0.353 e. The van der Waals surface area contributed by atoms with Crippen molar-refractivity contribution in [3.63, 3.8) is 0 Å². The molecular weight excluding hydrogens is 364 g/mol. The van der Waals surface area contributed by atoms with Crippen LogP contribution in [0.3, 0.4) is 0 Å². The highest BCUT2D eigenvalue weighted by Gasteiger charge is 2.22. The molecule has 1 aliphatic heterocycles. The summed E-state index contributed by atoms with van der Waals surface area (Å²) in [6, 6.07) is 15.7. The topological polar surface area (TPSA) is 74.2 Å². The molecule has 0 atom stereocenters. The van der Waals surface area contributed by atoms with Gasteiger partial charge in [0.05, 0.1) is 6.42 Å². The first-order chi connectivity index (χ1) is 14.2. The van der Waals surface area contributed by atoms with Gasteiger partial charge in [0.15, 0.2) is 0 Å². The molecule has 0 saturated carbocycles. The number of benzene rings is 1. The van der Waals surface area contributed by atoms with E-state index in [-0.39, 0.29) is 5.91 Å². The van der Waals surface area contributed by atoms with Crippen LogP contribution in [-0.4, -0.2) is 51.9 Å². The van der Waals surface area contributed by atoms with Crippen LogP contribution in [0.2, 0.25) is 0 Å². The SMILES string of the molecule is Cc1cccc(CC(=O)N2CCN(c3cc(Nc4ccccn4)ncn3)CC2)c1. The summed E-state index contributed by atoms with van der Waals surface area (Å²) in [5.41, 5.74) is 2.25. The Kier molecular flexibility index (Phi) is 5.65. The molecule has 1 amide bonds. The van der Waals surface area contributed by atoms with Gasteiger partial charge in [-0.15, -0.1) is 0 Å². The average molecular weight is 388 g/mol. The van der Waals surface area contributed by atoms with Gasteiger partial charge in [-0.2, -0.15) is 0 Å². The van der Waals surface area contributed by atoms with Crippen LogP contribution in [0, 0.1) is 6.92 Å². The summed E-state index contributed by atoms with van der Waals surface area (Å²) in [5.74, 6) is 2.47. The number of hydrogen-bond acceptors (Lipinski definition) is 6. The molecule has 2 aromatic heterocycles. The van der Waals surface area contributed by atoms with E-state index in [4.69, 9.17) is 0 Å². The third kappa shape index (κ3) is 4.87. The second kappa shape index (κ2) is 8.68. The van der Waals surface area contributed by atoms with Crippen molar-refractivity contribution in [2.24, 2.45) is 0 Å². The second-order valence-corrected chi connectivity index (χ2v) is 7.14. The molecule has 0 spiro atoms. The second-order valence-electron chi connectivity index (χ2n) is 7.14. The van der Waals surface area contributed by atoms with Crippen LogP contribution in [0.5, 0.6) is 0 Å². The number of aromatic nitrogens is 3. The summed E-state index contributed by atoms with van der Waals surface area (Å²) in [5, 5.41) is 3.19. The van der Waals surface area contributed by atoms with Crippen molar-refractivity contribution in [2.75, 3.05) is 36.4 Å². The van der Waals surface area contributed by atoms with E-state index < -0.39 is 0 Å². The smallest absolute Gasteiger partial charge is 0.227 e. The zero-order valence-corrected chi connectivity index (χ0v) is 16.5. The first-order valence-electron chi connectivity index (χ1n) is 9.76. The molecule has 3 heterocycles. The predicted octanol–water partition coefficient (Wildman–Crippen LogP) is 2.81. The number of carbonyl (C=O) groups excluding carboxylic acids is 1. The van der Waals surface area contributed by atoms with Crippen LogP contribution in [-0.2, 0) is 11.2 Å². The van der Waals surface area contributed by atoms with E-state index in [9.17, 15) is 4.79 Å². The summed E-state index contributed by atoms with van der Waals surface area (Å²) in [6.45, 7) is 4.93. The van der Waals surface area contributed by atoms with Gasteiger partial charge >= 0.3 is 0 Å². The Bertz CT molecular complexity index is 970. The quantitative estimate of drug-likeness (QED) is 0.725. The molecular formula is C22H24N6O. The highest BCUT2D eigenvalue weighted by Crippen LogP contribution is 2.19. The summed E-state index contributed by atoms with van der Waals surface area (Å²) in [4.78, 5) is 29.7. The lowest BCUT2D eigenvalue weighted by Gasteiger charge is -2.35. The van der Waals surface area contributed by atoms with E-state index in [0.29, 0.717) is 25.3 Å². The van der Waals surface area contributed by atoms with Gasteiger partial charge in [0, 0.05) is 38.4 Å². The van der Waals surface area contributed by atoms with Gasteiger partial charge in [-0.05, 0) is 24.6 Å². The Morgan fingerprint density at radius 2 is 1.83 bits per heavy atom. The lowest BCUT2D eigenvalue weighted by molar-refractivity contribution is -0.130. The maximum absolute atomic E-state index is 12.6. The van der Waals surface area contributed by atoms with E-state index in [2.05, 4.69) is 31.2 Å². The van der Waals surface area contributed by atoms with Crippen LogP contribution in [0.25, 0.3) is 0 Å². The van der Waals surface area contributed by atoms with Crippen molar-refractivity contribution in [3.8, 4) is 0 Å². The molecule has 1 N–H and O–H groups in total. The van der Waals surface area contributed by atoms with Gasteiger partial charge in [0.1, 0.15) is 23.8 Å². The fraction of sp³-hybridized carbons (Fsp3) is 0.273. The van der Waals surface area contributed by atoms with Gasteiger partial charge in [0.2, 0.25) is 5.91 Å². The fourth-order valence-electron chi connectivity index (χ4n) is 3.45. The predicted molar refractivity (Wildman–Crippen MR) is 113 cm³/mol. The molecule has 1 aromatic carbocycles. The number of carbonyl (C=O) groups is 1. The van der Waals surface area contributed by atoms with Gasteiger partial charge in [-0.1, -0.05) is 35.9 Å². The van der Waals surface area contributed by atoms with Crippen molar-refractivity contribution >= 4 is 23.4 Å². The number of piperazine rings is 1. The van der Waals surface area contributed by atoms with E-state index in [1.54, 1.807) is 12.5 Å². The molecule has 7 nitrogen and oxygen atoms in total. The van der Waals surface area contributed by atoms with Crippen LogP contribution in [0.1, 0.15) is 11.1 Å². The van der Waals surface area contributed by atoms with Gasteiger partial charge in [-0.3, -0.25) is 4.79 Å². The van der Waals surface area contributed by atoms with E-state index in [1.165, 1.54) is 5.56 Å². The molecule has 0 radical (unpaired) electrons. The van der Waals surface area contributed by atoms with Crippen LogP contribution in [0.4, 0.5) is 17.5 Å². The van der Waals surface area contributed by atoms with Crippen molar-refractivity contribution in [1.82, 2.24) is 19.9 Å². The standard InChI is InChI=1S/C22H24N6O/c1-17-5-4-6-18(13-17)14-22(29)28-11-9-27(10-12-28)21-15-20(24-16-25-21)26-19-7-2-3-8-23-19/h2-8,13,15-16H,9-12,14H2,1H3,(H,23,24,25,26). The van der Waals surface area contributed by atoms with Crippen LogP contribution >= 0.6 is 0 Å². The van der Waals surface area contributed by atoms with Crippen LogP contribution in [0.15, 0.2) is 61.1 Å². The van der Waals surface area contributed by atoms with Crippen molar-refractivity contribution in [1.29, 1.82) is 0 Å². The first kappa shape index (κ1) is 18.9. The Hall–Kier alpha value is -3.48. The Labute approximate surface area is 170 Å². The average Bonchev–Trinajstić information content (AvgIpc) is 2.75. The van der Waals surface area contributed by atoms with Gasteiger partial charge in [0.25, 0.3) is 0 Å². The maximum Gasteiger partial charge on any atom is 0.227 e. The lowest BCUT2D eigenvalue weighted by atomic mass is 10.1. The summed E-state index contributed by atoms with van der Waals surface area (Å²) in [7, 11) is 0. The van der Waals surface area contributed by atoms with E-state index in [0.717, 1.165) is 30.3 Å². The van der Waals surface area contributed by atoms with Crippen molar-refractivity contribution in [3.05, 3.63) is 72.2 Å². The molecule has 3 aromatic rings. The molecule has 1 fully saturated rings. The lowest BCUT2D eigenvalue weighted by Crippen LogP contribution is -2.49. The van der Waals surface area contributed by atoms with Crippen molar-refractivity contribution in [2.45, 2.75) is 13.3 Å². The molecule has 1 aliphatic rings. The Balaban J connectivity index is 1.34. The molecule has 0 aliphatic carbocycles. The Morgan fingerprint density at radius 3 is 2.59 bits per heavy atom. The summed E-state index contributed by atoms with van der Waals surface area (Å²) >= 11 is 0. The van der Waals surface area contributed by atoms with E-state index >= 15 is 0 Å². The first-order valence-corrected chi connectivity index (χ1v) is 9.76. The third-order valence-electron chi connectivity index (χ3n) is 4.97. The normalized spacial score (nSPS) is 14.0. The number of nitrogens with zero attached hydrogens (tertiary/aromatic N) is 5. The van der Waals surface area contributed by atoms with Crippen molar-refractivity contribution < 1.29 is 4.79 Å². The minimum atomic E-state index is 0.176. The Morgan fingerprint density at radius 1 is 0.966 bits per heavy atom. The molecule has 7 heteroatoms. The number of amides is 1. The highest BCUT2D eigenvalue weighted by atomic mass is 16.2. The third-order valence-corrected chi connectivity index (χ3v) is 4.97. The van der Waals surface area contributed by atoms with Crippen LogP contribution < -0.4 is 10.2 Å². The molecule has 0 unspecified atom stereocenters. The fourth-order valence-corrected chi connectivity index (χ4v) is 3.45. The molecule has 1 saturated heterocycles. The zero-order valence-electron chi connectivity index (χ0n) is 16.5. The van der Waals surface area contributed by atoms with Gasteiger partial charge < -0.3 is 15.1 Å². The summed E-state index contributed by atoms with van der Waals surface area (Å²) < 4.78 is 0. The molecule has 148 valence electrons. The number of hydrogen-bond donors (Lipinski definition) is 1. The monoisotopic (exact) mass is 388 g/mol. The maximum atomic E-state index is 12.6. The number of aryl methyl sites for hydroxylation is 1. The largest absolute Gasteiger partial charge is 0.353 e. The number of nitrogens with one attached hydrogen (secondary N) is 1. The molecule has 4 rings (SSSR count). The zero-order chi connectivity index (χ0) is 20.1. The molecule has 0 bridgehead atoms.